The number of aryl methyl sites for hydroxylation is 1. The maximum Gasteiger partial charge on any atom is 0.375 e. The van der Waals surface area contributed by atoms with E-state index in [1.807, 2.05) is 29.8 Å². The minimum atomic E-state index is -0.923. The monoisotopic (exact) mass is 304 g/mol. The number of pyridine rings is 1. The summed E-state index contributed by atoms with van der Waals surface area (Å²) in [5.41, 5.74) is 0.975. The average Bonchev–Trinajstić information content (AvgIpc) is 2.92. The number of nitrogens with zero attached hydrogens (tertiary/aromatic N) is 1. The Morgan fingerprint density at radius 2 is 2.00 bits per heavy atom. The van der Waals surface area contributed by atoms with Crippen LogP contribution in [0.3, 0.4) is 0 Å². The van der Waals surface area contributed by atoms with Crippen molar-refractivity contribution in [2.24, 2.45) is 7.05 Å². The van der Waals surface area contributed by atoms with E-state index in [1.165, 1.54) is 0 Å². The van der Waals surface area contributed by atoms with Gasteiger partial charge in [0.15, 0.2) is 5.75 Å². The Morgan fingerprint density at radius 3 is 2.59 bits per heavy atom. The highest BCUT2D eigenvalue weighted by Gasteiger charge is 2.42. The smallest absolute Gasteiger partial charge is 0.375 e. The van der Waals surface area contributed by atoms with Crippen molar-refractivity contribution in [3.63, 3.8) is 0 Å². The van der Waals surface area contributed by atoms with E-state index in [-0.39, 0.29) is 6.10 Å². The molecular formula is C17H22NO4+. The number of ether oxygens (including phenoxy) is 3. The first-order chi connectivity index (χ1) is 10.4. The zero-order valence-corrected chi connectivity index (χ0v) is 13.6. The van der Waals surface area contributed by atoms with Gasteiger partial charge in [0.05, 0.1) is 25.2 Å². The summed E-state index contributed by atoms with van der Waals surface area (Å²) in [5, 5.41) is 11.3. The first-order valence-electron chi connectivity index (χ1n) is 7.33. The molecule has 1 atom stereocenters. The molecule has 1 aliphatic rings. The van der Waals surface area contributed by atoms with Crippen LogP contribution in [0.15, 0.2) is 18.2 Å². The molecule has 1 aromatic carbocycles. The third-order valence-corrected chi connectivity index (χ3v) is 4.27. The summed E-state index contributed by atoms with van der Waals surface area (Å²) >= 11 is 0. The predicted molar refractivity (Wildman–Crippen MR) is 82.6 cm³/mol. The van der Waals surface area contributed by atoms with E-state index in [4.69, 9.17) is 14.2 Å². The van der Waals surface area contributed by atoms with Gasteiger partial charge in [-0.05, 0) is 26.0 Å². The SMILES string of the molecule is COc1c2c([n+](C)c3c(OC)cccc13)O[C@@H](C(C)(C)O)C2. The molecule has 0 bridgehead atoms. The molecule has 118 valence electrons. The average molecular weight is 304 g/mol. The lowest BCUT2D eigenvalue weighted by molar-refractivity contribution is -0.651. The zero-order chi connectivity index (χ0) is 16.1. The fourth-order valence-electron chi connectivity index (χ4n) is 3.10. The molecule has 5 heteroatoms. The van der Waals surface area contributed by atoms with Gasteiger partial charge in [-0.25, -0.2) is 0 Å². The van der Waals surface area contributed by atoms with Gasteiger partial charge in [0.1, 0.15) is 24.5 Å². The van der Waals surface area contributed by atoms with Crippen LogP contribution < -0.4 is 18.8 Å². The van der Waals surface area contributed by atoms with Gasteiger partial charge in [0, 0.05) is 6.42 Å². The fraction of sp³-hybridized carbons (Fsp3) is 0.471. The van der Waals surface area contributed by atoms with E-state index in [9.17, 15) is 5.11 Å². The van der Waals surface area contributed by atoms with Crippen LogP contribution in [0.1, 0.15) is 19.4 Å². The van der Waals surface area contributed by atoms with E-state index >= 15 is 0 Å². The highest BCUT2D eigenvalue weighted by Crippen LogP contribution is 2.42. The normalized spacial score (nSPS) is 17.3. The second-order valence-corrected chi connectivity index (χ2v) is 6.20. The molecule has 1 N–H and O–H groups in total. The third-order valence-electron chi connectivity index (χ3n) is 4.27. The lowest BCUT2D eigenvalue weighted by Crippen LogP contribution is -2.41. The van der Waals surface area contributed by atoms with E-state index in [1.54, 1.807) is 28.1 Å². The molecule has 3 rings (SSSR count). The van der Waals surface area contributed by atoms with Crippen molar-refractivity contribution in [2.75, 3.05) is 14.2 Å². The lowest BCUT2D eigenvalue weighted by atomic mass is 9.96. The van der Waals surface area contributed by atoms with Crippen molar-refractivity contribution in [2.45, 2.75) is 32.0 Å². The van der Waals surface area contributed by atoms with Crippen LogP contribution in [0.5, 0.6) is 17.4 Å². The molecule has 0 unspecified atom stereocenters. The van der Waals surface area contributed by atoms with Crippen LogP contribution in [0.4, 0.5) is 0 Å². The van der Waals surface area contributed by atoms with E-state index < -0.39 is 5.60 Å². The summed E-state index contributed by atoms with van der Waals surface area (Å²) in [6, 6.07) is 5.87. The number of hydrogen-bond acceptors (Lipinski definition) is 4. The van der Waals surface area contributed by atoms with E-state index in [0.29, 0.717) is 6.42 Å². The minimum Gasteiger partial charge on any atom is -0.495 e. The Bertz CT molecular complexity index is 734. The summed E-state index contributed by atoms with van der Waals surface area (Å²) in [6.45, 7) is 3.52. The Labute approximate surface area is 130 Å². The predicted octanol–water partition coefficient (Wildman–Crippen LogP) is 1.76. The summed E-state index contributed by atoms with van der Waals surface area (Å²) in [5.74, 6) is 2.27. The summed E-state index contributed by atoms with van der Waals surface area (Å²) < 4.78 is 19.1. The van der Waals surface area contributed by atoms with Gasteiger partial charge in [-0.2, -0.15) is 4.57 Å². The van der Waals surface area contributed by atoms with Crippen molar-refractivity contribution in [1.29, 1.82) is 0 Å². The first-order valence-corrected chi connectivity index (χ1v) is 7.33. The number of fused-ring (bicyclic) bond motifs is 2. The maximum absolute atomic E-state index is 10.3. The number of hydrogen-bond donors (Lipinski definition) is 1. The summed E-state index contributed by atoms with van der Waals surface area (Å²) in [7, 11) is 5.25. The number of aliphatic hydroxyl groups is 1. The molecule has 2 aromatic rings. The quantitative estimate of drug-likeness (QED) is 0.878. The Morgan fingerprint density at radius 1 is 1.27 bits per heavy atom. The molecule has 2 heterocycles. The number of benzene rings is 1. The molecule has 0 fully saturated rings. The van der Waals surface area contributed by atoms with Gasteiger partial charge in [0.25, 0.3) is 5.52 Å². The zero-order valence-electron chi connectivity index (χ0n) is 13.6. The van der Waals surface area contributed by atoms with Gasteiger partial charge in [-0.15, -0.1) is 0 Å². The molecular weight excluding hydrogens is 282 g/mol. The Kier molecular flexibility index (Phi) is 3.40. The van der Waals surface area contributed by atoms with E-state index in [0.717, 1.165) is 33.8 Å². The van der Waals surface area contributed by atoms with Crippen LogP contribution in [-0.4, -0.2) is 31.0 Å². The number of para-hydroxylation sites is 1. The van der Waals surface area contributed by atoms with Crippen LogP contribution in [-0.2, 0) is 13.5 Å². The van der Waals surface area contributed by atoms with Crippen LogP contribution >= 0.6 is 0 Å². The third kappa shape index (κ3) is 2.08. The molecule has 0 amide bonds. The van der Waals surface area contributed by atoms with Gasteiger partial charge < -0.3 is 19.3 Å². The Balaban J connectivity index is 2.30. The standard InChI is InChI=1S/C17H22NO4/c1-17(2,19)13-9-11-15(21-5)10-7-6-8-12(20-4)14(10)18(3)16(11)22-13/h6-8,13,19H,9H2,1-5H3/q+1/t13-/m1/s1. The molecule has 1 aromatic heterocycles. The van der Waals surface area contributed by atoms with Gasteiger partial charge in [-0.1, -0.05) is 6.07 Å². The highest BCUT2D eigenvalue weighted by atomic mass is 16.5. The van der Waals surface area contributed by atoms with Gasteiger partial charge in [-0.3, -0.25) is 0 Å². The van der Waals surface area contributed by atoms with Crippen LogP contribution in [0, 0.1) is 0 Å². The Hall–Kier alpha value is -2.01. The molecule has 0 aliphatic carbocycles. The van der Waals surface area contributed by atoms with Crippen molar-refractivity contribution in [1.82, 2.24) is 0 Å². The van der Waals surface area contributed by atoms with Crippen molar-refractivity contribution >= 4 is 10.9 Å². The molecule has 0 spiro atoms. The van der Waals surface area contributed by atoms with Gasteiger partial charge in [0.2, 0.25) is 0 Å². The maximum atomic E-state index is 10.3. The molecule has 0 saturated carbocycles. The second-order valence-electron chi connectivity index (χ2n) is 6.20. The molecule has 22 heavy (non-hydrogen) atoms. The molecule has 0 saturated heterocycles. The summed E-state index contributed by atoms with van der Waals surface area (Å²) in [4.78, 5) is 0. The molecule has 1 aliphatic heterocycles. The highest BCUT2D eigenvalue weighted by molar-refractivity contribution is 5.89. The number of aromatic nitrogens is 1. The fourth-order valence-corrected chi connectivity index (χ4v) is 3.10. The summed E-state index contributed by atoms with van der Waals surface area (Å²) in [6.07, 6.45) is 0.314. The molecule has 0 radical (unpaired) electrons. The first kappa shape index (κ1) is 14.9. The minimum absolute atomic E-state index is 0.301. The van der Waals surface area contributed by atoms with Crippen molar-refractivity contribution in [3.05, 3.63) is 23.8 Å². The van der Waals surface area contributed by atoms with Crippen molar-refractivity contribution in [3.8, 4) is 17.4 Å². The van der Waals surface area contributed by atoms with E-state index in [2.05, 4.69) is 0 Å². The second kappa shape index (κ2) is 5.02. The largest absolute Gasteiger partial charge is 0.495 e. The lowest BCUT2D eigenvalue weighted by Gasteiger charge is -2.23. The molecule has 5 nitrogen and oxygen atoms in total. The number of methoxy groups -OCH3 is 2. The van der Waals surface area contributed by atoms with Gasteiger partial charge >= 0.3 is 5.88 Å². The number of rotatable bonds is 3. The topological polar surface area (TPSA) is 51.8 Å². The van der Waals surface area contributed by atoms with Crippen LogP contribution in [0.2, 0.25) is 0 Å². The van der Waals surface area contributed by atoms with Crippen molar-refractivity contribution < 1.29 is 23.9 Å². The van der Waals surface area contributed by atoms with Crippen LogP contribution in [0.25, 0.3) is 10.9 Å².